The fraction of sp³-hybridized carbons (Fsp3) is 0.545. The molecular weight excluding hydrogens is 242 g/mol. The van der Waals surface area contributed by atoms with Gasteiger partial charge in [0.15, 0.2) is 0 Å². The molecule has 2 nitrogen and oxygen atoms in total. The summed E-state index contributed by atoms with van der Waals surface area (Å²) in [6.07, 6.45) is 4.21. The van der Waals surface area contributed by atoms with E-state index < -0.39 is 0 Å². The average molecular weight is 256 g/mol. The molecule has 1 aliphatic heterocycles. The van der Waals surface area contributed by atoms with Crippen LogP contribution in [-0.2, 0) is 19.4 Å². The minimum absolute atomic E-state index is 0.171. The smallest absolute Gasteiger partial charge is 0.251 e. The SMILES string of the molecule is CCCc1cc(=O)n2c(c1Br)CCC2. The molecule has 0 unspecified atom stereocenters. The predicted octanol–water partition coefficient (Wildman–Crippen LogP) is 2.51. The van der Waals surface area contributed by atoms with Crippen molar-refractivity contribution in [2.75, 3.05) is 0 Å². The van der Waals surface area contributed by atoms with Crippen molar-refractivity contribution in [3.05, 3.63) is 32.2 Å². The number of aromatic nitrogens is 1. The summed E-state index contributed by atoms with van der Waals surface area (Å²) in [7, 11) is 0. The van der Waals surface area contributed by atoms with Gasteiger partial charge >= 0.3 is 0 Å². The highest BCUT2D eigenvalue weighted by atomic mass is 79.9. The van der Waals surface area contributed by atoms with Crippen LogP contribution in [0.3, 0.4) is 0 Å². The highest BCUT2D eigenvalue weighted by Gasteiger charge is 2.17. The Morgan fingerprint density at radius 2 is 2.36 bits per heavy atom. The van der Waals surface area contributed by atoms with E-state index in [1.165, 1.54) is 11.3 Å². The fourth-order valence-corrected chi connectivity index (χ4v) is 2.80. The van der Waals surface area contributed by atoms with E-state index in [1.54, 1.807) is 6.07 Å². The van der Waals surface area contributed by atoms with Crippen LogP contribution >= 0.6 is 15.9 Å². The average Bonchev–Trinajstić information content (AvgIpc) is 2.63. The van der Waals surface area contributed by atoms with Gasteiger partial charge in [-0.05, 0) is 40.8 Å². The zero-order valence-corrected chi connectivity index (χ0v) is 9.93. The van der Waals surface area contributed by atoms with Gasteiger partial charge in [0.2, 0.25) is 0 Å². The Morgan fingerprint density at radius 1 is 1.57 bits per heavy atom. The molecule has 1 aromatic heterocycles. The predicted molar refractivity (Wildman–Crippen MR) is 60.7 cm³/mol. The van der Waals surface area contributed by atoms with Crippen LogP contribution in [0.4, 0.5) is 0 Å². The lowest BCUT2D eigenvalue weighted by molar-refractivity contribution is 0.715. The molecule has 0 fully saturated rings. The second kappa shape index (κ2) is 3.89. The van der Waals surface area contributed by atoms with Crippen LogP contribution in [0.1, 0.15) is 31.0 Å². The van der Waals surface area contributed by atoms with Gasteiger partial charge in [0.25, 0.3) is 5.56 Å². The van der Waals surface area contributed by atoms with E-state index in [0.717, 1.165) is 36.7 Å². The molecule has 1 aliphatic rings. The van der Waals surface area contributed by atoms with Crippen LogP contribution < -0.4 is 5.56 Å². The summed E-state index contributed by atoms with van der Waals surface area (Å²) in [5.74, 6) is 0. The first-order valence-electron chi connectivity index (χ1n) is 5.15. The van der Waals surface area contributed by atoms with Crippen LogP contribution in [0, 0.1) is 0 Å². The summed E-state index contributed by atoms with van der Waals surface area (Å²) < 4.78 is 3.06. The van der Waals surface area contributed by atoms with Gasteiger partial charge in [-0.2, -0.15) is 0 Å². The van der Waals surface area contributed by atoms with Gasteiger partial charge in [-0.15, -0.1) is 0 Å². The van der Waals surface area contributed by atoms with Gasteiger partial charge < -0.3 is 4.57 Å². The van der Waals surface area contributed by atoms with Crippen LogP contribution in [0.2, 0.25) is 0 Å². The molecule has 0 atom stereocenters. The van der Waals surface area contributed by atoms with Crippen molar-refractivity contribution in [1.29, 1.82) is 0 Å². The van der Waals surface area contributed by atoms with Gasteiger partial charge in [-0.3, -0.25) is 4.79 Å². The van der Waals surface area contributed by atoms with E-state index in [1.807, 2.05) is 4.57 Å². The summed E-state index contributed by atoms with van der Waals surface area (Å²) in [5.41, 5.74) is 2.54. The molecule has 3 heteroatoms. The first kappa shape index (κ1) is 9.97. The molecule has 0 bridgehead atoms. The van der Waals surface area contributed by atoms with Crippen molar-refractivity contribution in [2.45, 2.75) is 39.2 Å². The molecule has 2 rings (SSSR count). The maximum atomic E-state index is 11.7. The topological polar surface area (TPSA) is 22.0 Å². The van der Waals surface area contributed by atoms with E-state index in [-0.39, 0.29) is 5.56 Å². The van der Waals surface area contributed by atoms with E-state index in [0.29, 0.717) is 0 Å². The summed E-state index contributed by atoms with van der Waals surface area (Å²) in [5, 5.41) is 0. The second-order valence-electron chi connectivity index (χ2n) is 3.77. The summed E-state index contributed by atoms with van der Waals surface area (Å²) >= 11 is 3.61. The van der Waals surface area contributed by atoms with Crippen LogP contribution in [0.25, 0.3) is 0 Å². The summed E-state index contributed by atoms with van der Waals surface area (Å²) in [6.45, 7) is 3.02. The number of rotatable bonds is 2. The number of fused-ring (bicyclic) bond motifs is 1. The zero-order valence-electron chi connectivity index (χ0n) is 8.35. The number of aryl methyl sites for hydroxylation is 1. The maximum Gasteiger partial charge on any atom is 0.251 e. The van der Waals surface area contributed by atoms with Crippen LogP contribution in [-0.4, -0.2) is 4.57 Å². The van der Waals surface area contributed by atoms with Crippen LogP contribution in [0.5, 0.6) is 0 Å². The lowest BCUT2D eigenvalue weighted by Crippen LogP contribution is -2.20. The summed E-state index contributed by atoms with van der Waals surface area (Å²) in [6, 6.07) is 1.78. The Labute approximate surface area is 92.1 Å². The first-order valence-corrected chi connectivity index (χ1v) is 5.94. The van der Waals surface area contributed by atoms with E-state index >= 15 is 0 Å². The third-order valence-corrected chi connectivity index (χ3v) is 3.71. The zero-order chi connectivity index (χ0) is 10.1. The van der Waals surface area contributed by atoms with Crippen molar-refractivity contribution in [3.63, 3.8) is 0 Å². The van der Waals surface area contributed by atoms with Crippen molar-refractivity contribution >= 4 is 15.9 Å². The molecule has 1 aromatic rings. The van der Waals surface area contributed by atoms with Gasteiger partial charge in [-0.1, -0.05) is 13.3 Å². The monoisotopic (exact) mass is 255 g/mol. The van der Waals surface area contributed by atoms with Gasteiger partial charge in [0.05, 0.1) is 0 Å². The van der Waals surface area contributed by atoms with E-state index in [4.69, 9.17) is 0 Å². The highest BCUT2D eigenvalue weighted by Crippen LogP contribution is 2.26. The molecule has 0 N–H and O–H groups in total. The molecule has 0 saturated carbocycles. The summed E-state index contributed by atoms with van der Waals surface area (Å²) in [4.78, 5) is 11.7. The molecule has 0 spiro atoms. The van der Waals surface area contributed by atoms with E-state index in [9.17, 15) is 4.79 Å². The first-order chi connectivity index (χ1) is 6.74. The minimum Gasteiger partial charge on any atom is -0.311 e. The number of hydrogen-bond acceptors (Lipinski definition) is 1. The Kier molecular flexibility index (Phi) is 2.77. The number of nitrogens with zero attached hydrogens (tertiary/aromatic N) is 1. The molecule has 0 radical (unpaired) electrons. The number of hydrogen-bond donors (Lipinski definition) is 0. The number of pyridine rings is 1. The van der Waals surface area contributed by atoms with E-state index in [2.05, 4.69) is 22.9 Å². The molecule has 14 heavy (non-hydrogen) atoms. The normalized spacial score (nSPS) is 14.4. The molecule has 0 aromatic carbocycles. The van der Waals surface area contributed by atoms with Crippen molar-refractivity contribution in [1.82, 2.24) is 4.57 Å². The van der Waals surface area contributed by atoms with Gasteiger partial charge in [0.1, 0.15) is 0 Å². The molecule has 2 heterocycles. The van der Waals surface area contributed by atoms with Crippen molar-refractivity contribution in [3.8, 4) is 0 Å². The van der Waals surface area contributed by atoms with Gasteiger partial charge in [-0.25, -0.2) is 0 Å². The minimum atomic E-state index is 0.171. The molecule has 0 saturated heterocycles. The number of halogens is 1. The van der Waals surface area contributed by atoms with Gasteiger partial charge in [0, 0.05) is 22.8 Å². The fourth-order valence-electron chi connectivity index (χ4n) is 2.07. The molecule has 0 aliphatic carbocycles. The lowest BCUT2D eigenvalue weighted by atomic mass is 10.1. The quantitative estimate of drug-likeness (QED) is 0.796. The van der Waals surface area contributed by atoms with Crippen LogP contribution in [0.15, 0.2) is 15.3 Å². The molecule has 76 valence electrons. The third kappa shape index (κ3) is 1.54. The third-order valence-electron chi connectivity index (χ3n) is 2.74. The van der Waals surface area contributed by atoms with Crippen molar-refractivity contribution in [2.24, 2.45) is 0 Å². The Bertz CT molecular complexity index is 408. The second-order valence-corrected chi connectivity index (χ2v) is 4.57. The maximum absolute atomic E-state index is 11.7. The Morgan fingerprint density at radius 3 is 3.07 bits per heavy atom. The molecule has 0 amide bonds. The standard InChI is InChI=1S/C11H14BrNO/c1-2-4-8-7-10(14)13-6-3-5-9(13)11(8)12/h7H,2-6H2,1H3. The Hall–Kier alpha value is -0.570. The highest BCUT2D eigenvalue weighted by molar-refractivity contribution is 9.10. The molecular formula is C11H14BrNO. The Balaban J connectivity index is 2.56. The lowest BCUT2D eigenvalue weighted by Gasteiger charge is -2.09. The van der Waals surface area contributed by atoms with Crippen molar-refractivity contribution < 1.29 is 0 Å². The largest absolute Gasteiger partial charge is 0.311 e.